The van der Waals surface area contributed by atoms with Crippen molar-refractivity contribution in [3.8, 4) is 0 Å². The van der Waals surface area contributed by atoms with E-state index in [0.717, 1.165) is 78.8 Å². The largest absolute Gasteiger partial charge is 0.453 e. The molecule has 0 saturated heterocycles. The molecule has 0 N–H and O–H groups in total. The van der Waals surface area contributed by atoms with Crippen LogP contribution in [0.4, 0.5) is 64.9 Å². The van der Waals surface area contributed by atoms with Crippen LogP contribution < -0.4 is 9.80 Å². The average molecular weight is 831 g/mol. The third-order valence-electron chi connectivity index (χ3n) is 11.4. The normalized spacial score (nSPS) is 12.7. The van der Waals surface area contributed by atoms with E-state index in [1.54, 1.807) is 24.3 Å². The molecule has 0 spiro atoms. The molecule has 0 aliphatic rings. The Bertz CT molecular complexity index is 2790. The summed E-state index contributed by atoms with van der Waals surface area (Å²) in [5, 5.41) is 6.17. The third kappa shape index (κ3) is 7.98. The fourth-order valence-corrected chi connectivity index (χ4v) is 8.58. The van der Waals surface area contributed by atoms with Gasteiger partial charge in [0.15, 0.2) is 0 Å². The van der Waals surface area contributed by atoms with Crippen molar-refractivity contribution in [3.63, 3.8) is 0 Å². The van der Waals surface area contributed by atoms with Crippen LogP contribution in [-0.2, 0) is 12.8 Å². The van der Waals surface area contributed by atoms with Gasteiger partial charge in [-0.05, 0) is 123 Å². The van der Waals surface area contributed by atoms with Crippen molar-refractivity contribution < 1.29 is 30.7 Å². The van der Waals surface area contributed by atoms with Gasteiger partial charge in [-0.25, -0.2) is 8.78 Å². The summed E-state index contributed by atoms with van der Waals surface area (Å²) in [4.78, 5) is 4.21. The second-order valence-electron chi connectivity index (χ2n) is 16.7. The number of halogens is 7. The molecule has 0 aromatic heterocycles. The highest BCUT2D eigenvalue weighted by Crippen LogP contribution is 2.51. The smallest absolute Gasteiger partial charge is 0.310 e. The van der Waals surface area contributed by atoms with Crippen LogP contribution in [0.2, 0.25) is 0 Å². The lowest BCUT2D eigenvalue weighted by Crippen LogP contribution is -2.38. The van der Waals surface area contributed by atoms with Crippen LogP contribution in [0.3, 0.4) is 0 Å². The van der Waals surface area contributed by atoms with Gasteiger partial charge in [-0.15, -0.1) is 0 Å². The van der Waals surface area contributed by atoms with Crippen LogP contribution in [-0.4, -0.2) is 18.0 Å². The fourth-order valence-electron chi connectivity index (χ4n) is 8.58. The molecule has 0 fully saturated rings. The van der Waals surface area contributed by atoms with Gasteiger partial charge in [0.1, 0.15) is 0 Å². The molecule has 312 valence electrons. The second kappa shape index (κ2) is 15.7. The van der Waals surface area contributed by atoms with Crippen molar-refractivity contribution in [2.24, 2.45) is 0 Å². The summed E-state index contributed by atoms with van der Waals surface area (Å²) < 4.78 is 96.0. The summed E-state index contributed by atoms with van der Waals surface area (Å²) in [7, 11) is 0. The highest BCUT2D eigenvalue weighted by Gasteiger charge is 2.57. The first-order valence-corrected chi connectivity index (χ1v) is 20.4. The Hall–Kier alpha value is -6.09. The maximum Gasteiger partial charge on any atom is 0.453 e. The number of para-hydroxylation sites is 2. The van der Waals surface area contributed by atoms with E-state index in [4.69, 9.17) is 0 Å². The maximum atomic E-state index is 14.2. The van der Waals surface area contributed by atoms with E-state index < -0.39 is 24.4 Å². The number of hydrogen-bond donors (Lipinski definition) is 0. The lowest BCUT2D eigenvalue weighted by Gasteiger charge is -2.31. The van der Waals surface area contributed by atoms with Crippen LogP contribution in [0.5, 0.6) is 0 Å². The van der Waals surface area contributed by atoms with Gasteiger partial charge in [0, 0.05) is 46.4 Å². The van der Waals surface area contributed by atoms with E-state index >= 15 is 0 Å². The Balaban J connectivity index is 1.40. The van der Waals surface area contributed by atoms with Crippen LogP contribution in [0.15, 0.2) is 146 Å². The van der Waals surface area contributed by atoms with Crippen molar-refractivity contribution in [2.75, 3.05) is 9.80 Å². The van der Waals surface area contributed by atoms with Gasteiger partial charge in [0.05, 0.1) is 11.4 Å². The average Bonchev–Trinajstić information content (AvgIpc) is 3.21. The van der Waals surface area contributed by atoms with E-state index in [2.05, 4.69) is 69.0 Å². The lowest BCUT2D eigenvalue weighted by atomic mass is 9.84. The summed E-state index contributed by atoms with van der Waals surface area (Å²) in [6.07, 6.45) is -7.49. The third-order valence-corrected chi connectivity index (χ3v) is 11.4. The van der Waals surface area contributed by atoms with Crippen molar-refractivity contribution in [1.82, 2.24) is 0 Å². The Morgan fingerprint density at radius 3 is 1.11 bits per heavy atom. The molecule has 0 aliphatic heterocycles. The summed E-state index contributed by atoms with van der Waals surface area (Å²) in [6.45, 7) is 9.53. The molecule has 0 amide bonds. The standard InChI is InChI=1S/C52H45F7N2/c1-32(2)44-28-46(60(36-12-8-6-9-13-36)38-20-16-34(17-21-38)30-50(5,53)54)42-26-24-41-45(33(3)4)29-47(43-27-25-40(44)48(42)49(41)43)61(37-14-10-7-11-15-37)39-22-18-35(19-23-39)31-51(55,56)52(57,58)59/h6-29,32-33H,30-31H2,1-5H3. The van der Waals surface area contributed by atoms with Gasteiger partial charge in [0.25, 0.3) is 0 Å². The van der Waals surface area contributed by atoms with E-state index in [1.165, 1.54) is 12.1 Å². The number of rotatable bonds is 12. The first kappa shape index (κ1) is 41.6. The lowest BCUT2D eigenvalue weighted by molar-refractivity contribution is -0.281. The monoisotopic (exact) mass is 830 g/mol. The minimum absolute atomic E-state index is 0.0757. The zero-order chi connectivity index (χ0) is 43.4. The molecule has 0 aliphatic carbocycles. The SMILES string of the molecule is CC(C)c1cc(N(c2ccccc2)c2ccc(CC(C)(F)F)cc2)c2ccc3c(C(C)C)cc(N(c4ccccc4)c4ccc(CC(F)(F)C(F)(F)F)cc4)c4ccc1c2c34. The molecule has 0 atom stereocenters. The molecule has 8 aromatic rings. The van der Waals surface area contributed by atoms with Crippen LogP contribution in [0.25, 0.3) is 32.3 Å². The van der Waals surface area contributed by atoms with E-state index in [0.29, 0.717) is 11.3 Å². The van der Waals surface area contributed by atoms with E-state index in [9.17, 15) is 30.7 Å². The van der Waals surface area contributed by atoms with Crippen molar-refractivity contribution in [3.05, 3.63) is 168 Å². The Labute approximate surface area is 351 Å². The first-order chi connectivity index (χ1) is 28.9. The zero-order valence-corrected chi connectivity index (χ0v) is 34.5. The summed E-state index contributed by atoms with van der Waals surface area (Å²) >= 11 is 0. The molecule has 61 heavy (non-hydrogen) atoms. The predicted octanol–water partition coefficient (Wildman–Crippen LogP) is 16.7. The van der Waals surface area contributed by atoms with Gasteiger partial charge in [-0.3, -0.25) is 0 Å². The van der Waals surface area contributed by atoms with Crippen molar-refractivity contribution >= 4 is 66.4 Å². The minimum Gasteiger partial charge on any atom is -0.310 e. The number of hydrogen-bond acceptors (Lipinski definition) is 2. The quantitative estimate of drug-likeness (QED) is 0.0894. The predicted molar refractivity (Wildman–Crippen MR) is 237 cm³/mol. The molecule has 8 aromatic carbocycles. The molecule has 0 heterocycles. The van der Waals surface area contributed by atoms with Crippen molar-refractivity contribution in [1.29, 1.82) is 0 Å². The molecule has 2 nitrogen and oxygen atoms in total. The highest BCUT2D eigenvalue weighted by atomic mass is 19.4. The van der Waals surface area contributed by atoms with Gasteiger partial charge in [-0.1, -0.05) is 113 Å². The van der Waals surface area contributed by atoms with Crippen molar-refractivity contribution in [2.45, 2.75) is 77.3 Å². The molecule has 0 radical (unpaired) electrons. The number of benzene rings is 8. The van der Waals surface area contributed by atoms with E-state index in [-0.39, 0.29) is 23.8 Å². The van der Waals surface area contributed by atoms with Crippen LogP contribution >= 0.6 is 0 Å². The molecule has 0 unspecified atom stereocenters. The molecule has 0 saturated carbocycles. The Kier molecular flexibility index (Phi) is 10.7. The first-order valence-electron chi connectivity index (χ1n) is 20.4. The number of nitrogens with zero attached hydrogens (tertiary/aromatic N) is 2. The molecule has 8 rings (SSSR count). The topological polar surface area (TPSA) is 6.48 Å². The molecular weight excluding hydrogens is 786 g/mol. The minimum atomic E-state index is -5.66. The van der Waals surface area contributed by atoms with Crippen LogP contribution in [0.1, 0.15) is 68.7 Å². The zero-order valence-electron chi connectivity index (χ0n) is 34.5. The molecular formula is C52H45F7N2. The van der Waals surface area contributed by atoms with Gasteiger partial charge < -0.3 is 9.80 Å². The Morgan fingerprint density at radius 2 is 0.770 bits per heavy atom. The molecule has 9 heteroatoms. The number of alkyl halides is 7. The van der Waals surface area contributed by atoms with E-state index in [1.807, 2.05) is 77.7 Å². The van der Waals surface area contributed by atoms with Gasteiger partial charge in [0.2, 0.25) is 5.92 Å². The van der Waals surface area contributed by atoms with Crippen LogP contribution in [0, 0.1) is 0 Å². The maximum absolute atomic E-state index is 14.2. The number of anilines is 6. The second-order valence-corrected chi connectivity index (χ2v) is 16.7. The Morgan fingerprint density at radius 1 is 0.426 bits per heavy atom. The van der Waals surface area contributed by atoms with Gasteiger partial charge >= 0.3 is 12.1 Å². The molecule has 0 bridgehead atoms. The highest BCUT2D eigenvalue weighted by molar-refractivity contribution is 6.29. The van der Waals surface area contributed by atoms with Gasteiger partial charge in [-0.2, -0.15) is 22.0 Å². The summed E-state index contributed by atoms with van der Waals surface area (Å²) in [5.74, 6) is -7.53. The fraction of sp³-hybridized carbons (Fsp3) is 0.231. The summed E-state index contributed by atoms with van der Waals surface area (Å²) in [6, 6.07) is 45.7. The summed E-state index contributed by atoms with van der Waals surface area (Å²) in [5.41, 5.74) is 7.45.